The van der Waals surface area contributed by atoms with Gasteiger partial charge < -0.3 is 14.5 Å². The van der Waals surface area contributed by atoms with Gasteiger partial charge >= 0.3 is 0 Å². The average Bonchev–Trinajstić information content (AvgIpc) is 3.21. The predicted molar refractivity (Wildman–Crippen MR) is 118 cm³/mol. The van der Waals surface area contributed by atoms with E-state index >= 15 is 0 Å². The van der Waals surface area contributed by atoms with Crippen LogP contribution in [-0.2, 0) is 5.75 Å². The van der Waals surface area contributed by atoms with Crippen LogP contribution in [0.5, 0.6) is 5.75 Å². The second-order valence-corrected chi connectivity index (χ2v) is 9.03. The third kappa shape index (κ3) is 4.54. The Morgan fingerprint density at radius 1 is 1.04 bits per heavy atom. The molecule has 146 valence electrons. The summed E-state index contributed by atoms with van der Waals surface area (Å²) in [6.45, 7) is 3.72. The van der Waals surface area contributed by atoms with Gasteiger partial charge in [-0.05, 0) is 29.8 Å². The minimum Gasteiger partial charge on any atom is -0.495 e. The van der Waals surface area contributed by atoms with Gasteiger partial charge in [0.2, 0.25) is 5.13 Å². The Bertz CT molecular complexity index is 928. The van der Waals surface area contributed by atoms with Crippen molar-refractivity contribution in [1.82, 2.24) is 10.2 Å². The van der Waals surface area contributed by atoms with Crippen molar-refractivity contribution < 1.29 is 4.74 Å². The molecule has 0 atom stereocenters. The largest absolute Gasteiger partial charge is 0.495 e. The Morgan fingerprint density at radius 3 is 2.61 bits per heavy atom. The molecule has 1 aliphatic rings. The number of para-hydroxylation sites is 2. The van der Waals surface area contributed by atoms with Crippen LogP contribution in [-0.4, -0.2) is 43.5 Å². The fourth-order valence-corrected chi connectivity index (χ4v) is 5.24. The first-order valence-corrected chi connectivity index (χ1v) is 11.2. The number of thioether (sulfide) groups is 1. The molecule has 0 bridgehead atoms. The summed E-state index contributed by atoms with van der Waals surface area (Å²) >= 11 is 9.41. The molecular formula is C20H21ClN4OS2. The van der Waals surface area contributed by atoms with Crippen LogP contribution in [0.1, 0.15) is 5.56 Å². The monoisotopic (exact) mass is 432 g/mol. The van der Waals surface area contributed by atoms with Gasteiger partial charge in [0.25, 0.3) is 0 Å². The normalized spacial score (nSPS) is 14.4. The van der Waals surface area contributed by atoms with E-state index in [1.165, 1.54) is 5.56 Å². The molecule has 1 saturated heterocycles. The lowest BCUT2D eigenvalue weighted by Gasteiger charge is -2.36. The molecule has 1 fully saturated rings. The third-order valence-corrected chi connectivity index (χ3v) is 7.05. The van der Waals surface area contributed by atoms with Crippen molar-refractivity contribution in [3.8, 4) is 5.75 Å². The number of anilines is 2. The Labute approximate surface area is 178 Å². The van der Waals surface area contributed by atoms with Gasteiger partial charge in [0.15, 0.2) is 4.34 Å². The maximum absolute atomic E-state index is 6.05. The topological polar surface area (TPSA) is 41.5 Å². The van der Waals surface area contributed by atoms with Gasteiger partial charge in [-0.25, -0.2) is 0 Å². The minimum absolute atomic E-state index is 0.768. The van der Waals surface area contributed by atoms with Gasteiger partial charge in [0, 0.05) is 37.0 Å². The number of piperazine rings is 1. The number of ether oxygens (including phenoxy) is 1. The molecule has 0 saturated carbocycles. The lowest BCUT2D eigenvalue weighted by atomic mass is 10.2. The molecule has 0 aliphatic carbocycles. The minimum atomic E-state index is 0.768. The van der Waals surface area contributed by atoms with Gasteiger partial charge in [-0.2, -0.15) is 0 Å². The van der Waals surface area contributed by atoms with Crippen molar-refractivity contribution in [1.29, 1.82) is 0 Å². The van der Waals surface area contributed by atoms with E-state index in [0.717, 1.165) is 57.9 Å². The average molecular weight is 433 g/mol. The van der Waals surface area contributed by atoms with Crippen LogP contribution in [0.25, 0.3) is 0 Å². The number of methoxy groups -OCH3 is 1. The van der Waals surface area contributed by atoms with E-state index in [2.05, 4.69) is 38.2 Å². The molecular weight excluding hydrogens is 412 g/mol. The molecule has 28 heavy (non-hydrogen) atoms. The van der Waals surface area contributed by atoms with Gasteiger partial charge in [0.05, 0.1) is 12.8 Å². The highest BCUT2D eigenvalue weighted by atomic mass is 35.5. The Hall–Kier alpha value is -1.96. The molecule has 5 nitrogen and oxygen atoms in total. The number of aromatic nitrogens is 2. The lowest BCUT2D eigenvalue weighted by molar-refractivity contribution is 0.413. The predicted octanol–water partition coefficient (Wildman–Crippen LogP) is 4.82. The first kappa shape index (κ1) is 19.4. The highest BCUT2D eigenvalue weighted by Gasteiger charge is 2.22. The van der Waals surface area contributed by atoms with Gasteiger partial charge in [-0.1, -0.05) is 59.0 Å². The molecule has 2 heterocycles. The quantitative estimate of drug-likeness (QED) is 0.520. The van der Waals surface area contributed by atoms with Crippen LogP contribution < -0.4 is 14.5 Å². The summed E-state index contributed by atoms with van der Waals surface area (Å²) in [7, 11) is 1.72. The molecule has 1 aliphatic heterocycles. The summed E-state index contributed by atoms with van der Waals surface area (Å²) in [5.74, 6) is 1.77. The van der Waals surface area contributed by atoms with E-state index in [-0.39, 0.29) is 0 Å². The third-order valence-electron chi connectivity index (χ3n) is 4.62. The SMILES string of the molecule is COc1ccccc1N1CCN(c2nnc(SCc3cccc(Cl)c3)s2)CC1. The van der Waals surface area contributed by atoms with E-state index in [9.17, 15) is 0 Å². The smallest absolute Gasteiger partial charge is 0.209 e. The number of benzene rings is 2. The van der Waals surface area contributed by atoms with Crippen LogP contribution >= 0.6 is 34.7 Å². The maximum atomic E-state index is 6.05. The molecule has 2 aromatic carbocycles. The summed E-state index contributed by atoms with van der Waals surface area (Å²) in [4.78, 5) is 4.68. The highest BCUT2D eigenvalue weighted by molar-refractivity contribution is 8.00. The van der Waals surface area contributed by atoms with Crippen LogP contribution in [0, 0.1) is 0 Å². The first-order chi connectivity index (χ1) is 13.7. The fourth-order valence-electron chi connectivity index (χ4n) is 3.19. The number of rotatable bonds is 6. The van der Waals surface area contributed by atoms with Crippen molar-refractivity contribution in [3.63, 3.8) is 0 Å². The van der Waals surface area contributed by atoms with Crippen LogP contribution in [0.15, 0.2) is 52.9 Å². The molecule has 8 heteroatoms. The lowest BCUT2D eigenvalue weighted by Crippen LogP contribution is -2.46. The molecule has 4 rings (SSSR count). The standard InChI is InChI=1S/C20H21ClN4OS2/c1-26-18-8-3-2-7-17(18)24-9-11-25(12-10-24)19-22-23-20(28-19)27-14-15-5-4-6-16(21)13-15/h2-8,13H,9-12,14H2,1H3. The zero-order valence-electron chi connectivity index (χ0n) is 15.5. The number of nitrogens with zero attached hydrogens (tertiary/aromatic N) is 4. The molecule has 0 spiro atoms. The van der Waals surface area contributed by atoms with Gasteiger partial charge in [0.1, 0.15) is 5.75 Å². The maximum Gasteiger partial charge on any atom is 0.209 e. The van der Waals surface area contributed by atoms with Gasteiger partial charge in [-0.3, -0.25) is 0 Å². The van der Waals surface area contributed by atoms with Gasteiger partial charge in [-0.15, -0.1) is 10.2 Å². The molecule has 0 N–H and O–H groups in total. The van der Waals surface area contributed by atoms with Crippen molar-refractivity contribution in [2.45, 2.75) is 10.1 Å². The Kier molecular flexibility index (Phi) is 6.24. The van der Waals surface area contributed by atoms with Crippen LogP contribution in [0.4, 0.5) is 10.8 Å². The first-order valence-electron chi connectivity index (χ1n) is 9.06. The molecule has 3 aromatic rings. The van der Waals surface area contributed by atoms with Crippen molar-refractivity contribution >= 4 is 45.5 Å². The van der Waals surface area contributed by atoms with E-state index < -0.39 is 0 Å². The van der Waals surface area contributed by atoms with E-state index in [1.54, 1.807) is 30.2 Å². The second kappa shape index (κ2) is 9.03. The number of halogens is 1. The van der Waals surface area contributed by atoms with E-state index in [4.69, 9.17) is 16.3 Å². The molecule has 0 amide bonds. The summed E-state index contributed by atoms with van der Waals surface area (Å²) in [6.07, 6.45) is 0. The van der Waals surface area contributed by atoms with Crippen molar-refractivity contribution in [2.75, 3.05) is 43.1 Å². The summed E-state index contributed by atoms with van der Waals surface area (Å²) < 4.78 is 6.49. The summed E-state index contributed by atoms with van der Waals surface area (Å²) in [6, 6.07) is 16.1. The summed E-state index contributed by atoms with van der Waals surface area (Å²) in [5.41, 5.74) is 2.35. The molecule has 1 aromatic heterocycles. The van der Waals surface area contributed by atoms with Crippen LogP contribution in [0.2, 0.25) is 5.02 Å². The molecule has 0 radical (unpaired) electrons. The van der Waals surface area contributed by atoms with Crippen molar-refractivity contribution in [2.24, 2.45) is 0 Å². The zero-order chi connectivity index (χ0) is 19.3. The molecule has 0 unspecified atom stereocenters. The Balaban J connectivity index is 1.34. The number of hydrogen-bond donors (Lipinski definition) is 0. The van der Waals surface area contributed by atoms with Crippen LogP contribution in [0.3, 0.4) is 0 Å². The van der Waals surface area contributed by atoms with Crippen molar-refractivity contribution in [3.05, 3.63) is 59.1 Å². The highest BCUT2D eigenvalue weighted by Crippen LogP contribution is 2.33. The van der Waals surface area contributed by atoms with E-state index in [0.29, 0.717) is 0 Å². The fraction of sp³-hybridized carbons (Fsp3) is 0.300. The zero-order valence-corrected chi connectivity index (χ0v) is 17.9. The number of hydrogen-bond acceptors (Lipinski definition) is 7. The Morgan fingerprint density at radius 2 is 1.82 bits per heavy atom. The second-order valence-electron chi connectivity index (χ2n) is 6.42. The van der Waals surface area contributed by atoms with E-state index in [1.807, 2.05) is 30.3 Å². The summed E-state index contributed by atoms with van der Waals surface area (Å²) in [5, 5.41) is 10.5.